The highest BCUT2D eigenvalue weighted by Gasteiger charge is 2.14. The van der Waals surface area contributed by atoms with Crippen molar-refractivity contribution in [2.45, 2.75) is 24.8 Å². The molecule has 0 spiro atoms. The fourth-order valence-electron chi connectivity index (χ4n) is 0.904. The second-order valence-corrected chi connectivity index (χ2v) is 5.09. The second kappa shape index (κ2) is 4.57. The van der Waals surface area contributed by atoms with Crippen LogP contribution in [0.15, 0.2) is 35.2 Å². The van der Waals surface area contributed by atoms with Crippen LogP contribution < -0.4 is 5.32 Å². The summed E-state index contributed by atoms with van der Waals surface area (Å²) in [5.41, 5.74) is 0. The van der Waals surface area contributed by atoms with Gasteiger partial charge in [0.15, 0.2) is 9.84 Å². The molecule has 0 fully saturated rings. The molecule has 0 saturated heterocycles. The van der Waals surface area contributed by atoms with E-state index in [4.69, 9.17) is 0 Å². The lowest BCUT2D eigenvalue weighted by Gasteiger charge is -2.07. The number of sulfone groups is 1. The molecule has 0 unspecified atom stereocenters. The van der Waals surface area contributed by atoms with Gasteiger partial charge in [-0.05, 0) is 26.0 Å². The number of hydrogen-bond donors (Lipinski definition) is 1. The highest BCUT2D eigenvalue weighted by molar-refractivity contribution is 7.93. The first kappa shape index (κ1) is 11.2. The van der Waals surface area contributed by atoms with E-state index in [1.807, 2.05) is 13.8 Å². The molecule has 0 aromatic heterocycles. The van der Waals surface area contributed by atoms with Crippen LogP contribution in [-0.4, -0.2) is 14.5 Å². The van der Waals surface area contributed by atoms with Gasteiger partial charge < -0.3 is 0 Å². The van der Waals surface area contributed by atoms with Crippen molar-refractivity contribution in [3.8, 4) is 0 Å². The van der Waals surface area contributed by atoms with E-state index >= 15 is 0 Å². The lowest BCUT2D eigenvalue weighted by atomic mass is 10.4. The molecule has 0 amide bonds. The first-order valence-corrected chi connectivity index (χ1v) is 5.96. The molecule has 1 aromatic rings. The van der Waals surface area contributed by atoms with E-state index in [0.29, 0.717) is 4.90 Å². The maximum absolute atomic E-state index is 11.6. The summed E-state index contributed by atoms with van der Waals surface area (Å²) in [6.07, 6.45) is 0. The highest BCUT2D eigenvalue weighted by Crippen LogP contribution is 2.11. The zero-order chi connectivity index (χ0) is 10.6. The van der Waals surface area contributed by atoms with Crippen molar-refractivity contribution in [1.82, 2.24) is 5.32 Å². The van der Waals surface area contributed by atoms with Gasteiger partial charge in [0.2, 0.25) is 0 Å². The van der Waals surface area contributed by atoms with E-state index in [0.717, 1.165) is 5.88 Å². The van der Waals surface area contributed by atoms with Gasteiger partial charge in [0.1, 0.15) is 5.88 Å². The van der Waals surface area contributed by atoms with Gasteiger partial charge in [0, 0.05) is 6.04 Å². The average Bonchev–Trinajstić information content (AvgIpc) is 2.16. The van der Waals surface area contributed by atoms with Crippen LogP contribution in [0.4, 0.5) is 0 Å². The molecule has 0 saturated carbocycles. The van der Waals surface area contributed by atoms with Crippen molar-refractivity contribution in [3.05, 3.63) is 36.2 Å². The van der Waals surface area contributed by atoms with Gasteiger partial charge in [-0.3, -0.25) is 5.32 Å². The minimum Gasteiger partial charge on any atom is -0.296 e. The standard InChI is InChI=1S/C10H14NO2S/c1-9(2)11-8-14(12,13)10-6-4-3-5-7-10/h3-9,11H,1-2H3. The van der Waals surface area contributed by atoms with Crippen molar-refractivity contribution >= 4 is 9.84 Å². The summed E-state index contributed by atoms with van der Waals surface area (Å²) in [6, 6.07) is 8.47. The minimum absolute atomic E-state index is 0.119. The van der Waals surface area contributed by atoms with Gasteiger partial charge in [-0.25, -0.2) is 8.42 Å². The van der Waals surface area contributed by atoms with Crippen molar-refractivity contribution in [1.29, 1.82) is 0 Å². The molecule has 0 bridgehead atoms. The summed E-state index contributed by atoms with van der Waals surface area (Å²) in [6.45, 7) is 3.77. The monoisotopic (exact) mass is 212 g/mol. The molecule has 0 aliphatic carbocycles. The van der Waals surface area contributed by atoms with Crippen LogP contribution in [0.3, 0.4) is 0 Å². The first-order valence-electron chi connectivity index (χ1n) is 4.42. The summed E-state index contributed by atoms with van der Waals surface area (Å²) in [4.78, 5) is 0.313. The van der Waals surface area contributed by atoms with Crippen LogP contribution in [0.5, 0.6) is 0 Å². The quantitative estimate of drug-likeness (QED) is 0.824. The normalized spacial score (nSPS) is 11.9. The number of benzene rings is 1. The topological polar surface area (TPSA) is 46.2 Å². The third kappa shape index (κ3) is 3.12. The lowest BCUT2D eigenvalue weighted by molar-refractivity contribution is 0.589. The number of nitrogens with one attached hydrogen (secondary N) is 1. The van der Waals surface area contributed by atoms with Crippen LogP contribution in [0.2, 0.25) is 0 Å². The largest absolute Gasteiger partial charge is 0.296 e. The Bertz CT molecular complexity index is 370. The Kier molecular flexibility index (Phi) is 3.66. The van der Waals surface area contributed by atoms with Crippen molar-refractivity contribution in [2.24, 2.45) is 0 Å². The zero-order valence-electron chi connectivity index (χ0n) is 8.27. The molecule has 0 aliphatic heterocycles. The van der Waals surface area contributed by atoms with Crippen molar-refractivity contribution in [3.63, 3.8) is 0 Å². The Labute approximate surface area is 85.1 Å². The van der Waals surface area contributed by atoms with Gasteiger partial charge >= 0.3 is 0 Å². The third-order valence-corrected chi connectivity index (χ3v) is 3.00. The Morgan fingerprint density at radius 1 is 1.21 bits per heavy atom. The van der Waals surface area contributed by atoms with E-state index < -0.39 is 9.84 Å². The Morgan fingerprint density at radius 2 is 1.79 bits per heavy atom. The molecule has 0 heterocycles. The molecule has 1 radical (unpaired) electrons. The predicted molar refractivity (Wildman–Crippen MR) is 56.2 cm³/mol. The van der Waals surface area contributed by atoms with E-state index in [-0.39, 0.29) is 6.04 Å². The van der Waals surface area contributed by atoms with E-state index in [1.54, 1.807) is 30.3 Å². The Balaban J connectivity index is 2.77. The lowest BCUT2D eigenvalue weighted by Crippen LogP contribution is -2.24. The molecule has 1 aromatic carbocycles. The third-order valence-electron chi connectivity index (χ3n) is 1.63. The summed E-state index contributed by atoms with van der Waals surface area (Å²) in [5.74, 6) is 1.15. The highest BCUT2D eigenvalue weighted by atomic mass is 32.2. The van der Waals surface area contributed by atoms with E-state index in [1.165, 1.54) is 0 Å². The summed E-state index contributed by atoms with van der Waals surface area (Å²) < 4.78 is 23.2. The Morgan fingerprint density at radius 3 is 2.29 bits per heavy atom. The summed E-state index contributed by atoms with van der Waals surface area (Å²) in [5, 5.41) is 2.77. The van der Waals surface area contributed by atoms with Crippen molar-refractivity contribution < 1.29 is 8.42 Å². The van der Waals surface area contributed by atoms with Gasteiger partial charge in [0.25, 0.3) is 0 Å². The minimum atomic E-state index is -3.29. The van der Waals surface area contributed by atoms with Gasteiger partial charge in [-0.2, -0.15) is 0 Å². The van der Waals surface area contributed by atoms with Crippen LogP contribution >= 0.6 is 0 Å². The molecule has 1 rings (SSSR count). The van der Waals surface area contributed by atoms with Crippen LogP contribution in [-0.2, 0) is 9.84 Å². The zero-order valence-corrected chi connectivity index (χ0v) is 9.08. The molecule has 3 nitrogen and oxygen atoms in total. The molecule has 1 N–H and O–H groups in total. The first-order chi connectivity index (χ1) is 6.52. The maximum Gasteiger partial charge on any atom is 0.196 e. The number of hydrogen-bond acceptors (Lipinski definition) is 3. The summed E-state index contributed by atoms with van der Waals surface area (Å²) >= 11 is 0. The fourth-order valence-corrected chi connectivity index (χ4v) is 2.03. The molecule has 4 heteroatoms. The van der Waals surface area contributed by atoms with Crippen molar-refractivity contribution in [2.75, 3.05) is 0 Å². The van der Waals surface area contributed by atoms with Gasteiger partial charge in [-0.15, -0.1) is 0 Å². The average molecular weight is 212 g/mol. The van der Waals surface area contributed by atoms with Crippen LogP contribution in [0.25, 0.3) is 0 Å². The molecule has 0 aliphatic rings. The Hall–Kier alpha value is -0.870. The smallest absolute Gasteiger partial charge is 0.196 e. The SMILES string of the molecule is CC(C)N[CH]S(=O)(=O)c1ccccc1. The van der Waals surface area contributed by atoms with E-state index in [2.05, 4.69) is 5.32 Å². The maximum atomic E-state index is 11.6. The molecule has 0 atom stereocenters. The summed E-state index contributed by atoms with van der Waals surface area (Å²) in [7, 11) is -3.29. The molecule has 14 heavy (non-hydrogen) atoms. The van der Waals surface area contributed by atoms with Crippen LogP contribution in [0.1, 0.15) is 13.8 Å². The van der Waals surface area contributed by atoms with E-state index in [9.17, 15) is 8.42 Å². The van der Waals surface area contributed by atoms with Gasteiger partial charge in [0.05, 0.1) is 4.90 Å². The number of rotatable bonds is 4. The molecular formula is C10H14NO2S. The fraction of sp³-hybridized carbons (Fsp3) is 0.300. The molecule has 77 valence electrons. The second-order valence-electron chi connectivity index (χ2n) is 3.30. The van der Waals surface area contributed by atoms with Crippen LogP contribution in [0, 0.1) is 5.88 Å². The molecular weight excluding hydrogens is 198 g/mol. The van der Waals surface area contributed by atoms with Gasteiger partial charge in [-0.1, -0.05) is 18.2 Å². The predicted octanol–water partition coefficient (Wildman–Crippen LogP) is 1.58.